The summed E-state index contributed by atoms with van der Waals surface area (Å²) in [6, 6.07) is -1.27. The third-order valence-electron chi connectivity index (χ3n) is 3.54. The predicted molar refractivity (Wildman–Crippen MR) is 72.2 cm³/mol. The summed E-state index contributed by atoms with van der Waals surface area (Å²) in [4.78, 5) is 31.7. The van der Waals surface area contributed by atoms with Crippen LogP contribution in [0.5, 0.6) is 0 Å². The van der Waals surface area contributed by atoms with Crippen LogP contribution in [0.25, 0.3) is 0 Å². The maximum atomic E-state index is 12.1. The van der Waals surface area contributed by atoms with E-state index < -0.39 is 12.0 Å². The van der Waals surface area contributed by atoms with Gasteiger partial charge in [-0.15, -0.1) is 0 Å². The average molecular weight is 280 g/mol. The third kappa shape index (κ3) is 3.49. The number of rotatable bonds is 4. The molecule has 2 rings (SSSR count). The van der Waals surface area contributed by atoms with Crippen LogP contribution in [-0.4, -0.2) is 51.1 Å². The molecule has 0 unspecified atom stereocenters. The van der Waals surface area contributed by atoms with Crippen LogP contribution in [0.4, 0.5) is 4.79 Å². The van der Waals surface area contributed by atoms with E-state index in [2.05, 4.69) is 29.1 Å². The van der Waals surface area contributed by atoms with E-state index in [0.29, 0.717) is 18.8 Å². The van der Waals surface area contributed by atoms with Crippen LogP contribution >= 0.6 is 0 Å². The Labute approximate surface area is 117 Å². The van der Waals surface area contributed by atoms with Gasteiger partial charge >= 0.3 is 12.0 Å². The number of aromatic nitrogens is 2. The van der Waals surface area contributed by atoms with Crippen molar-refractivity contribution in [2.75, 3.05) is 13.1 Å². The summed E-state index contributed by atoms with van der Waals surface area (Å²) >= 11 is 0. The monoisotopic (exact) mass is 280 g/mol. The van der Waals surface area contributed by atoms with Gasteiger partial charge in [-0.3, -0.25) is 0 Å². The fourth-order valence-corrected chi connectivity index (χ4v) is 2.34. The smallest absolute Gasteiger partial charge is 0.326 e. The van der Waals surface area contributed by atoms with Gasteiger partial charge in [0, 0.05) is 31.4 Å². The van der Waals surface area contributed by atoms with Gasteiger partial charge in [-0.05, 0) is 11.8 Å². The highest BCUT2D eigenvalue weighted by atomic mass is 16.4. The number of carboxylic acid groups (broad SMARTS) is 1. The fourth-order valence-electron chi connectivity index (χ4n) is 2.34. The van der Waals surface area contributed by atoms with Crippen LogP contribution in [0, 0.1) is 5.41 Å². The van der Waals surface area contributed by atoms with Crippen molar-refractivity contribution in [1.29, 1.82) is 0 Å². The molecule has 3 N–H and O–H groups in total. The van der Waals surface area contributed by atoms with Gasteiger partial charge in [-0.25, -0.2) is 14.6 Å². The number of hydrogen-bond acceptors (Lipinski definition) is 3. The van der Waals surface area contributed by atoms with Crippen molar-refractivity contribution in [3.8, 4) is 0 Å². The average Bonchev–Trinajstić information content (AvgIpc) is 2.97. The molecule has 0 saturated carbocycles. The molecule has 1 aromatic rings. The van der Waals surface area contributed by atoms with Gasteiger partial charge in [0.05, 0.1) is 6.33 Å². The Balaban J connectivity index is 1.95. The Hall–Kier alpha value is -2.05. The van der Waals surface area contributed by atoms with Crippen molar-refractivity contribution in [2.45, 2.75) is 32.7 Å². The number of aromatic amines is 1. The molecule has 1 aliphatic rings. The second kappa shape index (κ2) is 5.52. The standard InChI is InChI=1S/C13H20N4O3/c1-13(2)3-4-17(7-13)12(20)16-10(11(18)19)5-9-6-14-8-15-9/h6,8,10H,3-5,7H2,1-2H3,(H,14,15)(H,16,20)(H,18,19)/t10-/m0/s1. The van der Waals surface area contributed by atoms with E-state index in [-0.39, 0.29) is 17.9 Å². The van der Waals surface area contributed by atoms with E-state index in [1.807, 2.05) is 0 Å². The number of nitrogens with zero attached hydrogens (tertiary/aromatic N) is 2. The fraction of sp³-hybridized carbons (Fsp3) is 0.615. The number of carbonyl (C=O) groups excluding carboxylic acids is 1. The molecule has 1 aliphatic heterocycles. The van der Waals surface area contributed by atoms with E-state index in [4.69, 9.17) is 0 Å². The van der Waals surface area contributed by atoms with E-state index in [9.17, 15) is 14.7 Å². The van der Waals surface area contributed by atoms with Gasteiger partial charge in [0.25, 0.3) is 0 Å². The van der Waals surface area contributed by atoms with Crippen LogP contribution < -0.4 is 5.32 Å². The molecule has 1 atom stereocenters. The molecule has 110 valence electrons. The Morgan fingerprint density at radius 2 is 2.35 bits per heavy atom. The summed E-state index contributed by atoms with van der Waals surface area (Å²) in [5.41, 5.74) is 0.777. The highest BCUT2D eigenvalue weighted by Gasteiger charge is 2.33. The number of imidazole rings is 1. The minimum Gasteiger partial charge on any atom is -0.480 e. The van der Waals surface area contributed by atoms with E-state index in [0.717, 1.165) is 6.42 Å². The largest absolute Gasteiger partial charge is 0.480 e. The molecule has 7 heteroatoms. The highest BCUT2D eigenvalue weighted by molar-refractivity contribution is 5.83. The zero-order valence-corrected chi connectivity index (χ0v) is 11.7. The minimum absolute atomic E-state index is 0.0967. The SMILES string of the molecule is CC1(C)CCN(C(=O)N[C@@H](Cc2cnc[nH]2)C(=O)O)C1. The second-order valence-corrected chi connectivity index (χ2v) is 5.96. The number of carboxylic acids is 1. The Kier molecular flexibility index (Phi) is 3.96. The first-order valence-corrected chi connectivity index (χ1v) is 6.63. The normalized spacial score (nSPS) is 18.8. The van der Waals surface area contributed by atoms with Gasteiger partial charge in [0.1, 0.15) is 6.04 Å². The van der Waals surface area contributed by atoms with Gasteiger partial charge in [0.2, 0.25) is 0 Å². The molecular formula is C13H20N4O3. The number of amides is 2. The first-order chi connectivity index (χ1) is 9.37. The number of carbonyl (C=O) groups is 2. The summed E-state index contributed by atoms with van der Waals surface area (Å²) < 4.78 is 0. The van der Waals surface area contributed by atoms with Crippen LogP contribution in [-0.2, 0) is 11.2 Å². The molecule has 1 aromatic heterocycles. The Morgan fingerprint density at radius 3 is 2.85 bits per heavy atom. The second-order valence-electron chi connectivity index (χ2n) is 5.96. The topological polar surface area (TPSA) is 98.3 Å². The van der Waals surface area contributed by atoms with Crippen LogP contribution in [0.2, 0.25) is 0 Å². The van der Waals surface area contributed by atoms with Gasteiger partial charge in [0.15, 0.2) is 0 Å². The minimum atomic E-state index is -1.05. The zero-order valence-electron chi connectivity index (χ0n) is 11.7. The highest BCUT2D eigenvalue weighted by Crippen LogP contribution is 2.28. The lowest BCUT2D eigenvalue weighted by atomic mass is 9.93. The van der Waals surface area contributed by atoms with Crippen molar-refractivity contribution in [3.63, 3.8) is 0 Å². The Morgan fingerprint density at radius 1 is 1.60 bits per heavy atom. The van der Waals surface area contributed by atoms with E-state index in [1.54, 1.807) is 11.1 Å². The molecule has 0 aromatic carbocycles. The lowest BCUT2D eigenvalue weighted by Gasteiger charge is -2.22. The van der Waals surface area contributed by atoms with Crippen molar-refractivity contribution >= 4 is 12.0 Å². The number of urea groups is 1. The molecule has 0 aliphatic carbocycles. The van der Waals surface area contributed by atoms with Gasteiger partial charge in [-0.1, -0.05) is 13.8 Å². The van der Waals surface area contributed by atoms with Gasteiger partial charge in [-0.2, -0.15) is 0 Å². The maximum Gasteiger partial charge on any atom is 0.326 e. The number of H-pyrrole nitrogens is 1. The lowest BCUT2D eigenvalue weighted by Crippen LogP contribution is -2.48. The Bertz CT molecular complexity index is 484. The molecular weight excluding hydrogens is 260 g/mol. The van der Waals surface area contributed by atoms with E-state index >= 15 is 0 Å². The number of aliphatic carboxylic acids is 1. The summed E-state index contributed by atoms with van der Waals surface area (Å²) in [6.45, 7) is 5.50. The first kappa shape index (κ1) is 14.4. The molecule has 1 fully saturated rings. The maximum absolute atomic E-state index is 12.1. The number of likely N-dealkylation sites (tertiary alicyclic amines) is 1. The number of nitrogens with one attached hydrogen (secondary N) is 2. The first-order valence-electron chi connectivity index (χ1n) is 6.63. The molecule has 2 amide bonds. The van der Waals surface area contributed by atoms with E-state index in [1.165, 1.54) is 6.33 Å². The van der Waals surface area contributed by atoms with Crippen LogP contribution in [0.3, 0.4) is 0 Å². The lowest BCUT2D eigenvalue weighted by molar-refractivity contribution is -0.139. The quantitative estimate of drug-likeness (QED) is 0.761. The van der Waals surface area contributed by atoms with Crippen molar-refractivity contribution in [3.05, 3.63) is 18.2 Å². The molecule has 20 heavy (non-hydrogen) atoms. The summed E-state index contributed by atoms with van der Waals surface area (Å²) in [5.74, 6) is -1.05. The van der Waals surface area contributed by atoms with Crippen LogP contribution in [0.15, 0.2) is 12.5 Å². The summed E-state index contributed by atoms with van der Waals surface area (Å²) in [6.07, 6.45) is 4.16. The van der Waals surface area contributed by atoms with Crippen LogP contribution in [0.1, 0.15) is 26.0 Å². The van der Waals surface area contributed by atoms with Gasteiger partial charge < -0.3 is 20.3 Å². The molecule has 0 radical (unpaired) electrons. The summed E-state index contributed by atoms with van der Waals surface area (Å²) in [5, 5.41) is 11.8. The zero-order chi connectivity index (χ0) is 14.8. The third-order valence-corrected chi connectivity index (χ3v) is 3.54. The molecule has 0 spiro atoms. The van der Waals surface area contributed by atoms with Crippen molar-refractivity contribution in [1.82, 2.24) is 20.2 Å². The van der Waals surface area contributed by atoms with Crippen molar-refractivity contribution < 1.29 is 14.7 Å². The molecule has 0 bridgehead atoms. The predicted octanol–water partition coefficient (Wildman–Crippen LogP) is 0.847. The molecule has 2 heterocycles. The number of hydrogen-bond donors (Lipinski definition) is 3. The summed E-state index contributed by atoms with van der Waals surface area (Å²) in [7, 11) is 0. The molecule has 7 nitrogen and oxygen atoms in total. The molecule has 1 saturated heterocycles. The van der Waals surface area contributed by atoms with Crippen molar-refractivity contribution in [2.24, 2.45) is 5.41 Å².